The Morgan fingerprint density at radius 3 is 1.74 bits per heavy atom. The fraction of sp³-hybridized carbons (Fsp3) is 0.758. The second kappa shape index (κ2) is 14.6. The van der Waals surface area contributed by atoms with Crippen molar-refractivity contribution in [1.29, 1.82) is 0 Å². The maximum absolute atomic E-state index is 13.3. The second-order valence-corrected chi connectivity index (χ2v) is 14.3. The fourth-order valence-electron chi connectivity index (χ4n) is 5.07. The Morgan fingerprint density at radius 2 is 1.23 bits per heavy atom. The van der Waals surface area contributed by atoms with Crippen molar-refractivity contribution < 1.29 is 29.1 Å². The van der Waals surface area contributed by atoms with Crippen LogP contribution in [0.1, 0.15) is 138 Å². The van der Waals surface area contributed by atoms with E-state index in [1.165, 1.54) is 19.3 Å². The van der Waals surface area contributed by atoms with Gasteiger partial charge in [-0.3, -0.25) is 0 Å². The zero-order valence-corrected chi connectivity index (χ0v) is 25.9. The quantitative estimate of drug-likeness (QED) is 0.0891. The molecule has 1 aromatic carbocycles. The number of carbonyl (C=O) groups excluding carboxylic acids is 2. The molecule has 1 heterocycles. The van der Waals surface area contributed by atoms with E-state index < -0.39 is 29.1 Å². The molecular formula is C33H54O6. The van der Waals surface area contributed by atoms with Crippen molar-refractivity contribution in [2.75, 3.05) is 0 Å². The van der Waals surface area contributed by atoms with Crippen LogP contribution in [-0.4, -0.2) is 17.7 Å². The van der Waals surface area contributed by atoms with E-state index in [9.17, 15) is 9.59 Å². The highest BCUT2D eigenvalue weighted by atomic mass is 17.4. The molecule has 39 heavy (non-hydrogen) atoms. The molecule has 0 amide bonds. The van der Waals surface area contributed by atoms with Crippen LogP contribution in [0.15, 0.2) is 30.3 Å². The summed E-state index contributed by atoms with van der Waals surface area (Å²) in [5.74, 6) is -3.24. The largest absolute Gasteiger partial charge is 0.420 e. The first-order valence-electron chi connectivity index (χ1n) is 15.0. The van der Waals surface area contributed by atoms with Gasteiger partial charge < -0.3 is 0 Å². The number of hydrogen-bond donors (Lipinski definition) is 0. The lowest BCUT2D eigenvalue weighted by Crippen LogP contribution is -2.37. The number of rotatable bonds is 16. The lowest BCUT2D eigenvalue weighted by atomic mass is 9.71. The molecule has 222 valence electrons. The number of hydrogen-bond acceptors (Lipinski definition) is 6. The third-order valence-electron chi connectivity index (χ3n) is 7.82. The Balaban J connectivity index is 1.88. The summed E-state index contributed by atoms with van der Waals surface area (Å²) in [7, 11) is 0. The SMILES string of the molecule is CC(C)(C)CCCCCCC(C(=O)OOC(=O)C1(CCCCCCC(C)(C)C)OO1)C(C)(C)c1ccccc1. The van der Waals surface area contributed by atoms with Crippen LogP contribution in [0.2, 0.25) is 0 Å². The Hall–Kier alpha value is -1.92. The number of benzene rings is 1. The van der Waals surface area contributed by atoms with E-state index in [1.54, 1.807) is 0 Å². The summed E-state index contributed by atoms with van der Waals surface area (Å²) in [5.41, 5.74) is 1.22. The topological polar surface area (TPSA) is 77.7 Å². The van der Waals surface area contributed by atoms with E-state index in [4.69, 9.17) is 19.6 Å². The number of unbranched alkanes of at least 4 members (excludes halogenated alkanes) is 6. The van der Waals surface area contributed by atoms with E-state index >= 15 is 0 Å². The van der Waals surface area contributed by atoms with E-state index in [2.05, 4.69) is 41.5 Å². The molecule has 0 radical (unpaired) electrons. The standard InChI is InChI=1S/C33H54O6/c1-30(2,3)23-17-10-9-16-22-27(32(7,8)26-20-14-13-15-21-26)28(34)36-37-29(35)33(38-39-33)25-19-12-11-18-24-31(4,5)6/h13-15,20-21,27H,9-12,16-19,22-25H2,1-8H3. The lowest BCUT2D eigenvalue weighted by molar-refractivity contribution is -0.268. The van der Waals surface area contributed by atoms with Gasteiger partial charge in [-0.25, -0.2) is 19.4 Å². The van der Waals surface area contributed by atoms with Crippen LogP contribution in [0.4, 0.5) is 0 Å². The Labute approximate surface area is 237 Å². The predicted octanol–water partition coefficient (Wildman–Crippen LogP) is 9.01. The van der Waals surface area contributed by atoms with Gasteiger partial charge in [0.25, 0.3) is 0 Å². The zero-order valence-electron chi connectivity index (χ0n) is 25.9. The molecule has 1 aromatic rings. The van der Waals surface area contributed by atoms with Gasteiger partial charge >= 0.3 is 17.7 Å². The summed E-state index contributed by atoms with van der Waals surface area (Å²) in [6.45, 7) is 17.6. The number of carbonyl (C=O) groups is 2. The summed E-state index contributed by atoms with van der Waals surface area (Å²) in [4.78, 5) is 46.2. The molecular weight excluding hydrogens is 492 g/mol. The van der Waals surface area contributed by atoms with Crippen molar-refractivity contribution in [3.05, 3.63) is 35.9 Å². The molecule has 6 nitrogen and oxygen atoms in total. The van der Waals surface area contributed by atoms with Gasteiger partial charge in [0.1, 0.15) is 0 Å². The van der Waals surface area contributed by atoms with E-state index in [0.717, 1.165) is 50.5 Å². The van der Waals surface area contributed by atoms with Crippen LogP contribution in [0.5, 0.6) is 0 Å². The van der Waals surface area contributed by atoms with Crippen LogP contribution < -0.4 is 0 Å². The van der Waals surface area contributed by atoms with Crippen molar-refractivity contribution in [2.24, 2.45) is 16.7 Å². The van der Waals surface area contributed by atoms with E-state index in [0.29, 0.717) is 23.7 Å². The average molecular weight is 547 g/mol. The molecule has 0 N–H and O–H groups in total. The predicted molar refractivity (Wildman–Crippen MR) is 154 cm³/mol. The first kappa shape index (κ1) is 33.3. The maximum atomic E-state index is 13.3. The van der Waals surface area contributed by atoms with Crippen molar-refractivity contribution in [1.82, 2.24) is 0 Å². The first-order chi connectivity index (χ1) is 18.2. The summed E-state index contributed by atoms with van der Waals surface area (Å²) in [5, 5.41) is 0. The Morgan fingerprint density at radius 1 is 0.718 bits per heavy atom. The van der Waals surface area contributed by atoms with Gasteiger partial charge in [0.15, 0.2) is 0 Å². The molecule has 0 aliphatic carbocycles. The Kier molecular flexibility index (Phi) is 12.5. The fourth-order valence-corrected chi connectivity index (χ4v) is 5.07. The van der Waals surface area contributed by atoms with Crippen LogP contribution in [0.25, 0.3) is 0 Å². The van der Waals surface area contributed by atoms with Gasteiger partial charge in [0, 0.05) is 11.8 Å². The van der Waals surface area contributed by atoms with Gasteiger partial charge in [0.2, 0.25) is 0 Å². The highest BCUT2D eigenvalue weighted by Gasteiger charge is 2.59. The molecule has 0 aromatic heterocycles. The minimum Gasteiger partial charge on any atom is -0.247 e. The van der Waals surface area contributed by atoms with Gasteiger partial charge in [0.05, 0.1) is 5.92 Å². The summed E-state index contributed by atoms with van der Waals surface area (Å²) >= 11 is 0. The molecule has 0 bridgehead atoms. The molecule has 6 heteroatoms. The van der Waals surface area contributed by atoms with E-state index in [-0.39, 0.29) is 0 Å². The normalized spacial score (nSPS) is 16.0. The summed E-state index contributed by atoms with van der Waals surface area (Å²) < 4.78 is 0. The third-order valence-corrected chi connectivity index (χ3v) is 7.82. The van der Waals surface area contributed by atoms with Crippen molar-refractivity contribution >= 4 is 11.9 Å². The second-order valence-electron chi connectivity index (χ2n) is 14.3. The van der Waals surface area contributed by atoms with Crippen molar-refractivity contribution in [3.63, 3.8) is 0 Å². The molecule has 1 aliphatic heterocycles. The van der Waals surface area contributed by atoms with Gasteiger partial charge in [-0.15, -0.1) is 0 Å². The van der Waals surface area contributed by atoms with Crippen molar-refractivity contribution in [3.8, 4) is 0 Å². The van der Waals surface area contributed by atoms with Crippen LogP contribution in [-0.2, 0) is 34.6 Å². The van der Waals surface area contributed by atoms with Gasteiger partial charge in [-0.2, -0.15) is 9.78 Å². The molecule has 1 aliphatic rings. The smallest absolute Gasteiger partial charge is 0.247 e. The molecule has 1 atom stereocenters. The van der Waals surface area contributed by atoms with Crippen molar-refractivity contribution in [2.45, 2.75) is 144 Å². The van der Waals surface area contributed by atoms with Gasteiger partial charge in [-0.1, -0.05) is 131 Å². The van der Waals surface area contributed by atoms with Gasteiger partial charge in [-0.05, 0) is 42.1 Å². The minimum absolute atomic E-state index is 0.330. The highest BCUT2D eigenvalue weighted by Crippen LogP contribution is 2.39. The molecule has 1 unspecified atom stereocenters. The molecule has 0 spiro atoms. The summed E-state index contributed by atoms with van der Waals surface area (Å²) in [6, 6.07) is 9.96. The van der Waals surface area contributed by atoms with Crippen LogP contribution in [0.3, 0.4) is 0 Å². The third kappa shape index (κ3) is 12.0. The lowest BCUT2D eigenvalue weighted by Gasteiger charge is -2.32. The van der Waals surface area contributed by atoms with E-state index in [1.807, 2.05) is 44.2 Å². The molecule has 2 rings (SSSR count). The van der Waals surface area contributed by atoms with Crippen LogP contribution in [0, 0.1) is 16.7 Å². The summed E-state index contributed by atoms with van der Waals surface area (Å²) in [6.07, 6.45) is 11.6. The van der Waals surface area contributed by atoms with Crippen LogP contribution >= 0.6 is 0 Å². The Bertz CT molecular complexity index is 874. The zero-order chi connectivity index (χ0) is 29.2. The highest BCUT2D eigenvalue weighted by molar-refractivity contribution is 5.80. The average Bonchev–Trinajstić information content (AvgIpc) is 3.64. The minimum atomic E-state index is -1.44. The molecule has 1 fully saturated rings. The molecule has 0 saturated carbocycles. The first-order valence-corrected chi connectivity index (χ1v) is 15.0. The monoisotopic (exact) mass is 546 g/mol. The maximum Gasteiger partial charge on any atom is 0.420 e. The molecule has 1 saturated heterocycles.